The van der Waals surface area contributed by atoms with Gasteiger partial charge in [0.1, 0.15) is 0 Å². The number of H-pyrrole nitrogens is 1. The molecule has 15 heavy (non-hydrogen) atoms. The van der Waals surface area contributed by atoms with Crippen molar-refractivity contribution in [3.63, 3.8) is 0 Å². The van der Waals surface area contributed by atoms with Gasteiger partial charge in [0, 0.05) is 27.2 Å². The van der Waals surface area contributed by atoms with E-state index in [0.717, 1.165) is 5.56 Å². The van der Waals surface area contributed by atoms with E-state index >= 15 is 0 Å². The van der Waals surface area contributed by atoms with Gasteiger partial charge in [-0.25, -0.2) is 5.10 Å². The number of rotatable bonds is 1. The van der Waals surface area contributed by atoms with Crippen LogP contribution in [0, 0.1) is 0 Å². The molecule has 1 heterocycles. The molecule has 76 valence electrons. The molecule has 0 radical (unpaired) electrons. The number of aromatic amines is 1. The summed E-state index contributed by atoms with van der Waals surface area (Å²) in [7, 11) is 0. The highest BCUT2D eigenvalue weighted by atomic mass is 35.5. The van der Waals surface area contributed by atoms with Crippen LogP contribution in [0.2, 0.25) is 10.0 Å². The molecule has 0 spiro atoms. The van der Waals surface area contributed by atoms with Crippen LogP contribution in [0.25, 0.3) is 11.1 Å². The van der Waals surface area contributed by atoms with Crippen molar-refractivity contribution in [2.75, 3.05) is 0 Å². The van der Waals surface area contributed by atoms with E-state index in [1.54, 1.807) is 18.2 Å². The summed E-state index contributed by atoms with van der Waals surface area (Å²) in [6.45, 7) is 0. The van der Waals surface area contributed by atoms with Gasteiger partial charge >= 0.3 is 0 Å². The Hall–Kier alpha value is -1.32. The highest BCUT2D eigenvalue weighted by molar-refractivity contribution is 6.36. The van der Waals surface area contributed by atoms with Crippen LogP contribution in [0.3, 0.4) is 0 Å². The number of halogens is 2. The lowest BCUT2D eigenvalue weighted by molar-refractivity contribution is 0.991. The first-order valence-electron chi connectivity index (χ1n) is 4.17. The molecule has 0 atom stereocenters. The van der Waals surface area contributed by atoms with E-state index in [0.29, 0.717) is 15.6 Å². The molecule has 0 aliphatic heterocycles. The fourth-order valence-corrected chi connectivity index (χ4v) is 1.76. The first-order valence-corrected chi connectivity index (χ1v) is 4.92. The van der Waals surface area contributed by atoms with Crippen LogP contribution in [0.1, 0.15) is 0 Å². The van der Waals surface area contributed by atoms with Crippen LogP contribution in [0.15, 0.2) is 35.3 Å². The standard InChI is InChI=1S/C10H6Cl2N2O/c11-7-1-2-8(9(12)4-7)6-3-10(15)14-13-5-6/h1-5H,(H,14,15). The van der Waals surface area contributed by atoms with Crippen molar-refractivity contribution in [2.24, 2.45) is 0 Å². The van der Waals surface area contributed by atoms with Gasteiger partial charge in [-0.1, -0.05) is 29.3 Å². The maximum atomic E-state index is 11.1. The van der Waals surface area contributed by atoms with Crippen molar-refractivity contribution in [1.82, 2.24) is 10.2 Å². The van der Waals surface area contributed by atoms with Gasteiger partial charge in [-0.15, -0.1) is 0 Å². The molecule has 3 nitrogen and oxygen atoms in total. The molecule has 0 unspecified atom stereocenters. The lowest BCUT2D eigenvalue weighted by Gasteiger charge is -2.03. The Morgan fingerprint density at radius 1 is 1.20 bits per heavy atom. The normalized spacial score (nSPS) is 10.3. The zero-order chi connectivity index (χ0) is 10.8. The van der Waals surface area contributed by atoms with Gasteiger partial charge in [0.15, 0.2) is 0 Å². The number of nitrogens with one attached hydrogen (secondary N) is 1. The molecule has 0 aliphatic carbocycles. The van der Waals surface area contributed by atoms with Crippen LogP contribution in [-0.4, -0.2) is 10.2 Å². The Balaban J connectivity index is 2.59. The second kappa shape index (κ2) is 4.04. The summed E-state index contributed by atoms with van der Waals surface area (Å²) < 4.78 is 0. The molecule has 1 aromatic carbocycles. The number of benzene rings is 1. The summed E-state index contributed by atoms with van der Waals surface area (Å²) in [5.74, 6) is 0. The smallest absolute Gasteiger partial charge is 0.264 e. The lowest BCUT2D eigenvalue weighted by atomic mass is 10.1. The summed E-state index contributed by atoms with van der Waals surface area (Å²) in [4.78, 5) is 11.1. The predicted molar refractivity (Wildman–Crippen MR) is 60.3 cm³/mol. The first kappa shape index (κ1) is 10.2. The molecule has 0 bridgehead atoms. The Labute approximate surface area is 95.7 Å². The first-order chi connectivity index (χ1) is 7.16. The molecular formula is C10H6Cl2N2O. The quantitative estimate of drug-likeness (QED) is 0.834. The molecule has 2 aromatic rings. The summed E-state index contributed by atoms with van der Waals surface area (Å²) in [6, 6.07) is 6.52. The average Bonchev–Trinajstić information content (AvgIpc) is 2.17. The minimum absolute atomic E-state index is 0.265. The summed E-state index contributed by atoms with van der Waals surface area (Å²) >= 11 is 11.8. The number of hydrogen-bond donors (Lipinski definition) is 1. The third-order valence-electron chi connectivity index (χ3n) is 1.91. The second-order valence-corrected chi connectivity index (χ2v) is 3.80. The van der Waals surface area contributed by atoms with Crippen LogP contribution in [0.5, 0.6) is 0 Å². The highest BCUT2D eigenvalue weighted by Gasteiger charge is 2.04. The van der Waals surface area contributed by atoms with Crippen LogP contribution < -0.4 is 5.56 Å². The zero-order valence-corrected chi connectivity index (χ0v) is 9.01. The molecule has 1 aromatic heterocycles. The van der Waals surface area contributed by atoms with Crippen molar-refractivity contribution < 1.29 is 0 Å². The minimum atomic E-state index is -0.265. The van der Waals surface area contributed by atoms with Crippen molar-refractivity contribution in [1.29, 1.82) is 0 Å². The third-order valence-corrected chi connectivity index (χ3v) is 2.45. The largest absolute Gasteiger partial charge is 0.268 e. The van der Waals surface area contributed by atoms with E-state index in [1.807, 2.05) is 0 Å². The summed E-state index contributed by atoms with van der Waals surface area (Å²) in [5.41, 5.74) is 1.14. The van der Waals surface area contributed by atoms with E-state index in [1.165, 1.54) is 12.3 Å². The maximum Gasteiger partial charge on any atom is 0.264 e. The Kier molecular flexibility index (Phi) is 2.75. The number of nitrogens with zero attached hydrogens (tertiary/aromatic N) is 1. The fraction of sp³-hybridized carbons (Fsp3) is 0. The molecular weight excluding hydrogens is 235 g/mol. The van der Waals surface area contributed by atoms with Crippen LogP contribution in [0.4, 0.5) is 0 Å². The SMILES string of the molecule is O=c1cc(-c2ccc(Cl)cc2Cl)cn[nH]1. The van der Waals surface area contributed by atoms with Gasteiger partial charge in [0.05, 0.1) is 6.20 Å². The number of hydrogen-bond acceptors (Lipinski definition) is 2. The van der Waals surface area contributed by atoms with Crippen molar-refractivity contribution in [3.05, 3.63) is 50.9 Å². The molecule has 0 aliphatic rings. The fourth-order valence-electron chi connectivity index (χ4n) is 1.25. The Bertz CT molecular complexity index is 551. The molecule has 0 saturated heterocycles. The second-order valence-electron chi connectivity index (χ2n) is 2.96. The van der Waals surface area contributed by atoms with Crippen molar-refractivity contribution in [3.8, 4) is 11.1 Å². The maximum absolute atomic E-state index is 11.1. The summed E-state index contributed by atoms with van der Waals surface area (Å²) in [5, 5.41) is 7.04. The van der Waals surface area contributed by atoms with E-state index in [-0.39, 0.29) is 5.56 Å². The molecule has 0 saturated carbocycles. The van der Waals surface area contributed by atoms with Gasteiger partial charge < -0.3 is 0 Å². The van der Waals surface area contributed by atoms with E-state index in [9.17, 15) is 4.79 Å². The van der Waals surface area contributed by atoms with Crippen molar-refractivity contribution >= 4 is 23.2 Å². The minimum Gasteiger partial charge on any atom is -0.268 e. The summed E-state index contributed by atoms with van der Waals surface area (Å²) in [6.07, 6.45) is 1.54. The Morgan fingerprint density at radius 3 is 2.67 bits per heavy atom. The average molecular weight is 241 g/mol. The van der Waals surface area contributed by atoms with Gasteiger partial charge in [0.25, 0.3) is 5.56 Å². The zero-order valence-electron chi connectivity index (χ0n) is 7.50. The Morgan fingerprint density at radius 2 is 2.00 bits per heavy atom. The molecule has 5 heteroatoms. The molecule has 1 N–H and O–H groups in total. The predicted octanol–water partition coefficient (Wildman–Crippen LogP) is 2.74. The lowest BCUT2D eigenvalue weighted by Crippen LogP contribution is -2.05. The van der Waals surface area contributed by atoms with Gasteiger partial charge in [-0.2, -0.15) is 5.10 Å². The van der Waals surface area contributed by atoms with E-state index in [2.05, 4.69) is 10.2 Å². The molecule has 2 rings (SSSR count). The monoisotopic (exact) mass is 240 g/mol. The highest BCUT2D eigenvalue weighted by Crippen LogP contribution is 2.28. The van der Waals surface area contributed by atoms with Gasteiger partial charge in [0.2, 0.25) is 0 Å². The van der Waals surface area contributed by atoms with Crippen LogP contribution in [-0.2, 0) is 0 Å². The van der Waals surface area contributed by atoms with Crippen molar-refractivity contribution in [2.45, 2.75) is 0 Å². The van der Waals surface area contributed by atoms with E-state index in [4.69, 9.17) is 23.2 Å². The molecule has 0 fully saturated rings. The molecule has 0 amide bonds. The van der Waals surface area contributed by atoms with Gasteiger partial charge in [-0.05, 0) is 12.1 Å². The van der Waals surface area contributed by atoms with E-state index < -0.39 is 0 Å². The third kappa shape index (κ3) is 2.19. The van der Waals surface area contributed by atoms with Gasteiger partial charge in [-0.3, -0.25) is 4.79 Å². The number of aromatic nitrogens is 2. The topological polar surface area (TPSA) is 45.8 Å². The van der Waals surface area contributed by atoms with Crippen LogP contribution >= 0.6 is 23.2 Å².